The number of rotatable bonds is 7. The average Bonchev–Trinajstić information content (AvgIpc) is 2.84. The van der Waals surface area contributed by atoms with Crippen molar-refractivity contribution in [2.75, 3.05) is 18.4 Å². The standard InChI is InChI=1S/C27H36N4O3/c1-5-20(4)28-26(33)24(30-25(32)23-9-7-6-8-19(23)3)21-14-16-31(17-15-21)27(34)29-22-12-10-18(2)11-13-22/h6-13,20-21,24H,5,14-17H2,1-4H3,(H,28,33)(H,29,34)(H,30,32). The van der Waals surface area contributed by atoms with Crippen LogP contribution in [0.4, 0.5) is 10.5 Å². The summed E-state index contributed by atoms with van der Waals surface area (Å²) in [6.07, 6.45) is 2.07. The number of anilines is 1. The highest BCUT2D eigenvalue weighted by Crippen LogP contribution is 2.23. The maximum absolute atomic E-state index is 13.1. The lowest BCUT2D eigenvalue weighted by Crippen LogP contribution is -2.55. The fourth-order valence-corrected chi connectivity index (χ4v) is 4.15. The van der Waals surface area contributed by atoms with Crippen molar-refractivity contribution in [1.82, 2.24) is 15.5 Å². The summed E-state index contributed by atoms with van der Waals surface area (Å²) < 4.78 is 0. The van der Waals surface area contributed by atoms with E-state index in [0.717, 1.165) is 23.2 Å². The summed E-state index contributed by atoms with van der Waals surface area (Å²) in [5.41, 5.74) is 3.32. The Morgan fingerprint density at radius 2 is 1.62 bits per heavy atom. The number of nitrogens with one attached hydrogen (secondary N) is 3. The summed E-state index contributed by atoms with van der Waals surface area (Å²) in [4.78, 5) is 40.6. The van der Waals surface area contributed by atoms with Gasteiger partial charge in [-0.15, -0.1) is 0 Å². The Morgan fingerprint density at radius 3 is 2.24 bits per heavy atom. The molecule has 2 aromatic rings. The highest BCUT2D eigenvalue weighted by Gasteiger charge is 2.34. The molecule has 2 aromatic carbocycles. The number of amides is 4. The number of hydrogen-bond acceptors (Lipinski definition) is 3. The van der Waals surface area contributed by atoms with Crippen LogP contribution in [0.1, 0.15) is 54.6 Å². The molecule has 182 valence electrons. The van der Waals surface area contributed by atoms with E-state index in [4.69, 9.17) is 0 Å². The molecule has 0 aliphatic carbocycles. The molecule has 1 heterocycles. The number of nitrogens with zero attached hydrogens (tertiary/aromatic N) is 1. The van der Waals surface area contributed by atoms with Crippen LogP contribution in [-0.2, 0) is 4.79 Å². The third kappa shape index (κ3) is 6.59. The highest BCUT2D eigenvalue weighted by atomic mass is 16.2. The number of piperidine rings is 1. The lowest BCUT2D eigenvalue weighted by atomic mass is 9.88. The SMILES string of the molecule is CCC(C)NC(=O)C(NC(=O)c1ccccc1C)C1CCN(C(=O)Nc2ccc(C)cc2)CC1. The predicted molar refractivity (Wildman–Crippen MR) is 135 cm³/mol. The lowest BCUT2D eigenvalue weighted by Gasteiger charge is -2.36. The number of carbonyl (C=O) groups is 3. The third-order valence-corrected chi connectivity index (χ3v) is 6.56. The second kappa shape index (κ2) is 11.7. The molecule has 0 saturated carbocycles. The number of benzene rings is 2. The normalized spacial score (nSPS) is 15.8. The van der Waals surface area contributed by atoms with Gasteiger partial charge in [-0.05, 0) is 69.7 Å². The molecule has 3 rings (SSSR count). The zero-order valence-electron chi connectivity index (χ0n) is 20.6. The van der Waals surface area contributed by atoms with Gasteiger partial charge >= 0.3 is 6.03 Å². The van der Waals surface area contributed by atoms with Gasteiger partial charge < -0.3 is 20.9 Å². The van der Waals surface area contributed by atoms with E-state index in [-0.39, 0.29) is 29.8 Å². The number of aryl methyl sites for hydroxylation is 2. The van der Waals surface area contributed by atoms with Crippen LogP contribution in [-0.4, -0.2) is 47.9 Å². The summed E-state index contributed by atoms with van der Waals surface area (Å²) in [7, 11) is 0. The van der Waals surface area contributed by atoms with Gasteiger partial charge in [-0.2, -0.15) is 0 Å². The molecule has 34 heavy (non-hydrogen) atoms. The highest BCUT2D eigenvalue weighted by molar-refractivity contribution is 5.98. The zero-order valence-corrected chi connectivity index (χ0v) is 20.6. The Labute approximate surface area is 202 Å². The van der Waals surface area contributed by atoms with E-state index in [1.807, 2.05) is 70.2 Å². The van der Waals surface area contributed by atoms with Gasteiger partial charge in [0.05, 0.1) is 0 Å². The van der Waals surface area contributed by atoms with Gasteiger partial charge in [0, 0.05) is 30.4 Å². The Morgan fingerprint density at radius 1 is 0.971 bits per heavy atom. The van der Waals surface area contributed by atoms with Crippen molar-refractivity contribution in [3.8, 4) is 0 Å². The smallest absolute Gasteiger partial charge is 0.321 e. The van der Waals surface area contributed by atoms with E-state index < -0.39 is 6.04 Å². The Hall–Kier alpha value is -3.35. The second-order valence-corrected chi connectivity index (χ2v) is 9.20. The van der Waals surface area contributed by atoms with E-state index in [9.17, 15) is 14.4 Å². The molecule has 1 saturated heterocycles. The first kappa shape index (κ1) is 25.3. The van der Waals surface area contributed by atoms with Crippen LogP contribution in [0.2, 0.25) is 0 Å². The molecule has 7 nitrogen and oxygen atoms in total. The molecule has 1 aliphatic rings. The Balaban J connectivity index is 1.66. The first-order valence-corrected chi connectivity index (χ1v) is 12.1. The van der Waals surface area contributed by atoms with Crippen LogP contribution < -0.4 is 16.0 Å². The quantitative estimate of drug-likeness (QED) is 0.572. The zero-order chi connectivity index (χ0) is 24.7. The van der Waals surface area contributed by atoms with Gasteiger partial charge in [0.1, 0.15) is 6.04 Å². The van der Waals surface area contributed by atoms with E-state index in [0.29, 0.717) is 31.5 Å². The fraction of sp³-hybridized carbons (Fsp3) is 0.444. The van der Waals surface area contributed by atoms with Crippen molar-refractivity contribution in [3.05, 3.63) is 65.2 Å². The number of likely N-dealkylation sites (tertiary alicyclic amines) is 1. The molecular formula is C27H36N4O3. The Kier molecular flexibility index (Phi) is 8.68. The fourth-order valence-electron chi connectivity index (χ4n) is 4.15. The van der Waals surface area contributed by atoms with Gasteiger partial charge in [-0.25, -0.2) is 4.79 Å². The minimum atomic E-state index is -0.650. The van der Waals surface area contributed by atoms with Gasteiger partial charge in [-0.3, -0.25) is 9.59 Å². The van der Waals surface area contributed by atoms with Crippen molar-refractivity contribution in [1.29, 1.82) is 0 Å². The summed E-state index contributed by atoms with van der Waals surface area (Å²) in [6.45, 7) is 8.90. The van der Waals surface area contributed by atoms with Crippen LogP contribution in [0, 0.1) is 19.8 Å². The molecular weight excluding hydrogens is 428 g/mol. The molecule has 7 heteroatoms. The molecule has 0 radical (unpaired) electrons. The lowest BCUT2D eigenvalue weighted by molar-refractivity contribution is -0.125. The van der Waals surface area contributed by atoms with Gasteiger partial charge in [0.15, 0.2) is 0 Å². The van der Waals surface area contributed by atoms with Crippen LogP contribution in [0.15, 0.2) is 48.5 Å². The molecule has 0 aromatic heterocycles. The van der Waals surface area contributed by atoms with E-state index >= 15 is 0 Å². The largest absolute Gasteiger partial charge is 0.352 e. The average molecular weight is 465 g/mol. The monoisotopic (exact) mass is 464 g/mol. The van der Waals surface area contributed by atoms with E-state index in [1.165, 1.54) is 0 Å². The van der Waals surface area contributed by atoms with Crippen LogP contribution in [0.25, 0.3) is 0 Å². The molecule has 2 atom stereocenters. The molecule has 3 N–H and O–H groups in total. The number of urea groups is 1. The molecule has 1 aliphatic heterocycles. The molecule has 1 fully saturated rings. The van der Waals surface area contributed by atoms with Gasteiger partial charge in [0.2, 0.25) is 5.91 Å². The minimum absolute atomic E-state index is 0.0192. The third-order valence-electron chi connectivity index (χ3n) is 6.56. The van der Waals surface area contributed by atoms with Crippen molar-refractivity contribution in [2.24, 2.45) is 5.92 Å². The molecule has 0 spiro atoms. The van der Waals surface area contributed by atoms with E-state index in [1.54, 1.807) is 11.0 Å². The van der Waals surface area contributed by atoms with E-state index in [2.05, 4.69) is 16.0 Å². The minimum Gasteiger partial charge on any atom is -0.352 e. The summed E-state index contributed by atoms with van der Waals surface area (Å²) >= 11 is 0. The number of carbonyl (C=O) groups excluding carboxylic acids is 3. The second-order valence-electron chi connectivity index (χ2n) is 9.20. The van der Waals surface area contributed by atoms with Crippen molar-refractivity contribution < 1.29 is 14.4 Å². The van der Waals surface area contributed by atoms with Crippen LogP contribution >= 0.6 is 0 Å². The Bertz CT molecular complexity index is 997. The maximum atomic E-state index is 13.1. The molecule has 2 unspecified atom stereocenters. The van der Waals surface area contributed by atoms with Crippen LogP contribution in [0.3, 0.4) is 0 Å². The predicted octanol–water partition coefficient (Wildman–Crippen LogP) is 4.26. The van der Waals surface area contributed by atoms with Crippen molar-refractivity contribution in [3.63, 3.8) is 0 Å². The van der Waals surface area contributed by atoms with Gasteiger partial charge in [0.25, 0.3) is 5.91 Å². The number of hydrogen-bond donors (Lipinski definition) is 3. The first-order chi connectivity index (χ1) is 16.3. The summed E-state index contributed by atoms with van der Waals surface area (Å²) in [5.74, 6) is -0.471. The molecule has 4 amide bonds. The maximum Gasteiger partial charge on any atom is 0.321 e. The summed E-state index contributed by atoms with van der Waals surface area (Å²) in [5, 5.41) is 8.95. The van der Waals surface area contributed by atoms with Crippen molar-refractivity contribution in [2.45, 2.75) is 59.0 Å². The first-order valence-electron chi connectivity index (χ1n) is 12.1. The van der Waals surface area contributed by atoms with Crippen LogP contribution in [0.5, 0.6) is 0 Å². The van der Waals surface area contributed by atoms with Gasteiger partial charge in [-0.1, -0.05) is 42.8 Å². The topological polar surface area (TPSA) is 90.5 Å². The van der Waals surface area contributed by atoms with Crippen molar-refractivity contribution >= 4 is 23.5 Å². The summed E-state index contributed by atoms with van der Waals surface area (Å²) in [6, 6.07) is 14.3. The molecule has 0 bridgehead atoms.